The molecule has 74 valence electrons. The van der Waals surface area contributed by atoms with Gasteiger partial charge in [-0.1, -0.05) is 0 Å². The molecule has 3 aliphatic heterocycles. The van der Waals surface area contributed by atoms with Gasteiger partial charge in [-0.15, -0.1) is 0 Å². The Balaban J connectivity index is 1.61. The first kappa shape index (κ1) is 8.21. The molecule has 0 amide bonds. The van der Waals surface area contributed by atoms with Gasteiger partial charge in [-0.25, -0.2) is 0 Å². The summed E-state index contributed by atoms with van der Waals surface area (Å²) in [5.41, 5.74) is 0.300. The molecule has 0 aromatic heterocycles. The maximum atomic E-state index is 9.19. The summed E-state index contributed by atoms with van der Waals surface area (Å²) in [6, 6.07) is 0. The fraction of sp³-hybridized carbons (Fsp3) is 1.00. The van der Waals surface area contributed by atoms with Crippen molar-refractivity contribution in [3.63, 3.8) is 0 Å². The fourth-order valence-electron chi connectivity index (χ4n) is 3.09. The number of ether oxygens (including phenoxy) is 1. The van der Waals surface area contributed by atoms with Crippen molar-refractivity contribution in [1.29, 1.82) is 0 Å². The predicted octanol–water partition coefficient (Wildman–Crippen LogP) is 0.234. The Morgan fingerprint density at radius 1 is 1.31 bits per heavy atom. The quantitative estimate of drug-likeness (QED) is 0.680. The van der Waals surface area contributed by atoms with Gasteiger partial charge in [-0.3, -0.25) is 0 Å². The largest absolute Gasteiger partial charge is 0.396 e. The SMILES string of the molecule is OCC12COC(CN3CCC3)(C1)C2. The normalized spacial score (nSPS) is 48.7. The number of hydrogen-bond acceptors (Lipinski definition) is 3. The van der Waals surface area contributed by atoms with Gasteiger partial charge >= 0.3 is 0 Å². The second-order valence-electron chi connectivity index (χ2n) is 5.11. The summed E-state index contributed by atoms with van der Waals surface area (Å²) >= 11 is 0. The molecule has 0 atom stereocenters. The Kier molecular flexibility index (Phi) is 1.56. The summed E-state index contributed by atoms with van der Waals surface area (Å²) in [6.07, 6.45) is 3.53. The van der Waals surface area contributed by atoms with E-state index >= 15 is 0 Å². The van der Waals surface area contributed by atoms with Crippen molar-refractivity contribution >= 4 is 0 Å². The van der Waals surface area contributed by atoms with Gasteiger partial charge in [0.15, 0.2) is 0 Å². The number of likely N-dealkylation sites (tertiary alicyclic amines) is 1. The maximum absolute atomic E-state index is 9.19. The minimum Gasteiger partial charge on any atom is -0.396 e. The molecule has 0 aromatic carbocycles. The van der Waals surface area contributed by atoms with Crippen LogP contribution in [0.15, 0.2) is 0 Å². The first-order valence-corrected chi connectivity index (χ1v) is 5.23. The van der Waals surface area contributed by atoms with Crippen LogP contribution in [0.25, 0.3) is 0 Å². The average Bonchev–Trinajstić information content (AvgIpc) is 2.51. The third-order valence-corrected chi connectivity index (χ3v) is 3.87. The Morgan fingerprint density at radius 3 is 2.54 bits per heavy atom. The van der Waals surface area contributed by atoms with Crippen molar-refractivity contribution in [2.75, 3.05) is 32.8 Å². The van der Waals surface area contributed by atoms with E-state index in [2.05, 4.69) is 4.90 Å². The molecule has 4 fully saturated rings. The smallest absolute Gasteiger partial charge is 0.0823 e. The van der Waals surface area contributed by atoms with Crippen LogP contribution in [0.1, 0.15) is 19.3 Å². The van der Waals surface area contributed by atoms with E-state index in [9.17, 15) is 5.11 Å². The van der Waals surface area contributed by atoms with Gasteiger partial charge < -0.3 is 14.7 Å². The predicted molar refractivity (Wildman–Crippen MR) is 48.5 cm³/mol. The van der Waals surface area contributed by atoms with Gasteiger partial charge in [-0.05, 0) is 32.4 Å². The standard InChI is InChI=1S/C10H17NO2/c12-7-9-4-10(5-9,13-8-9)6-11-2-1-3-11/h12H,1-8H2. The number of fused-ring (bicyclic) bond motifs is 1. The molecular formula is C10H17NO2. The van der Waals surface area contributed by atoms with Crippen molar-refractivity contribution in [3.05, 3.63) is 0 Å². The number of aliphatic hydroxyl groups is 1. The lowest BCUT2D eigenvalue weighted by Gasteiger charge is -2.47. The van der Waals surface area contributed by atoms with Crippen molar-refractivity contribution < 1.29 is 9.84 Å². The first-order valence-electron chi connectivity index (χ1n) is 5.23. The highest BCUT2D eigenvalue weighted by Crippen LogP contribution is 2.57. The summed E-state index contributed by atoms with van der Waals surface area (Å²) in [5.74, 6) is 0. The average molecular weight is 183 g/mol. The van der Waals surface area contributed by atoms with Gasteiger partial charge in [0.1, 0.15) is 0 Å². The van der Waals surface area contributed by atoms with Crippen LogP contribution < -0.4 is 0 Å². The molecule has 0 aromatic rings. The van der Waals surface area contributed by atoms with E-state index in [4.69, 9.17) is 4.74 Å². The van der Waals surface area contributed by atoms with Crippen LogP contribution in [-0.4, -0.2) is 48.5 Å². The Hall–Kier alpha value is -0.120. The summed E-state index contributed by atoms with van der Waals surface area (Å²) in [4.78, 5) is 2.46. The van der Waals surface area contributed by atoms with Crippen LogP contribution in [0.2, 0.25) is 0 Å². The van der Waals surface area contributed by atoms with E-state index < -0.39 is 0 Å². The molecule has 13 heavy (non-hydrogen) atoms. The van der Waals surface area contributed by atoms with Gasteiger partial charge in [0.05, 0.1) is 18.8 Å². The highest BCUT2D eigenvalue weighted by molar-refractivity contribution is 5.12. The van der Waals surface area contributed by atoms with Crippen molar-refractivity contribution in [2.45, 2.75) is 24.9 Å². The minimum atomic E-state index is 0.142. The zero-order valence-electron chi connectivity index (χ0n) is 7.96. The minimum absolute atomic E-state index is 0.142. The second kappa shape index (κ2) is 2.47. The zero-order valence-corrected chi connectivity index (χ0v) is 7.96. The molecule has 3 heterocycles. The van der Waals surface area contributed by atoms with Crippen molar-refractivity contribution in [2.24, 2.45) is 5.41 Å². The molecule has 1 saturated carbocycles. The van der Waals surface area contributed by atoms with Crippen LogP contribution >= 0.6 is 0 Å². The molecule has 0 unspecified atom stereocenters. The zero-order chi connectivity index (χ0) is 8.94. The van der Waals surface area contributed by atoms with E-state index in [0.717, 1.165) is 26.0 Å². The summed E-state index contributed by atoms with van der Waals surface area (Å²) in [6.45, 7) is 4.70. The van der Waals surface area contributed by atoms with Crippen molar-refractivity contribution in [1.82, 2.24) is 4.90 Å². The van der Waals surface area contributed by atoms with Gasteiger partial charge in [-0.2, -0.15) is 0 Å². The Morgan fingerprint density at radius 2 is 2.08 bits per heavy atom. The number of nitrogens with zero attached hydrogens (tertiary/aromatic N) is 1. The molecule has 3 nitrogen and oxygen atoms in total. The van der Waals surface area contributed by atoms with Crippen LogP contribution in [0.4, 0.5) is 0 Å². The maximum Gasteiger partial charge on any atom is 0.0823 e. The number of aliphatic hydroxyl groups excluding tert-OH is 1. The molecule has 0 spiro atoms. The van der Waals surface area contributed by atoms with Gasteiger partial charge in [0, 0.05) is 12.0 Å². The third kappa shape index (κ3) is 1.07. The second-order valence-corrected chi connectivity index (χ2v) is 5.11. The summed E-state index contributed by atoms with van der Waals surface area (Å²) < 4.78 is 5.81. The topological polar surface area (TPSA) is 32.7 Å². The highest BCUT2D eigenvalue weighted by atomic mass is 16.5. The molecule has 4 rings (SSSR count). The van der Waals surface area contributed by atoms with E-state index in [1.807, 2.05) is 0 Å². The third-order valence-electron chi connectivity index (χ3n) is 3.87. The Labute approximate surface area is 78.7 Å². The summed E-state index contributed by atoms with van der Waals surface area (Å²) in [5, 5.41) is 9.19. The van der Waals surface area contributed by atoms with Gasteiger partial charge in [0.25, 0.3) is 0 Å². The molecule has 3 saturated heterocycles. The van der Waals surface area contributed by atoms with Crippen LogP contribution in [0, 0.1) is 5.41 Å². The van der Waals surface area contributed by atoms with E-state index in [1.165, 1.54) is 19.5 Å². The van der Waals surface area contributed by atoms with E-state index in [1.54, 1.807) is 0 Å². The lowest BCUT2D eigenvalue weighted by Crippen LogP contribution is -2.55. The van der Waals surface area contributed by atoms with Gasteiger partial charge in [0.2, 0.25) is 0 Å². The van der Waals surface area contributed by atoms with Crippen LogP contribution in [0.5, 0.6) is 0 Å². The summed E-state index contributed by atoms with van der Waals surface area (Å²) in [7, 11) is 0. The van der Waals surface area contributed by atoms with E-state index in [-0.39, 0.29) is 11.0 Å². The fourth-order valence-corrected chi connectivity index (χ4v) is 3.09. The number of hydrogen-bond donors (Lipinski definition) is 1. The Bertz CT molecular complexity index is 219. The first-order chi connectivity index (χ1) is 6.26. The molecule has 1 aliphatic carbocycles. The van der Waals surface area contributed by atoms with Crippen LogP contribution in [0.3, 0.4) is 0 Å². The lowest BCUT2D eigenvalue weighted by molar-refractivity contribution is -0.0629. The molecule has 1 N–H and O–H groups in total. The molecule has 3 heteroatoms. The highest BCUT2D eigenvalue weighted by Gasteiger charge is 2.62. The monoisotopic (exact) mass is 183 g/mol. The number of rotatable bonds is 3. The molecule has 0 radical (unpaired) electrons. The van der Waals surface area contributed by atoms with Crippen LogP contribution in [-0.2, 0) is 4.74 Å². The molecule has 2 bridgehead atoms. The molecular weight excluding hydrogens is 166 g/mol. The molecule has 4 aliphatic rings. The lowest BCUT2D eigenvalue weighted by atomic mass is 9.62. The van der Waals surface area contributed by atoms with Crippen molar-refractivity contribution in [3.8, 4) is 0 Å². The van der Waals surface area contributed by atoms with E-state index in [0.29, 0.717) is 6.61 Å².